The van der Waals surface area contributed by atoms with E-state index in [2.05, 4.69) is 173 Å². The average Bonchev–Trinajstić information content (AvgIpc) is 3.69. The largest absolute Gasteiger partial charge is 0.311 e. The monoisotopic (exact) mass is 618 g/mol. The second kappa shape index (κ2) is 9.18. The molecule has 3 heterocycles. The Morgan fingerprint density at radius 3 is 2.00 bits per heavy atom. The number of fused-ring (bicyclic) bond motifs is 9. The molecule has 10 aromatic rings. The van der Waals surface area contributed by atoms with Gasteiger partial charge in [0, 0.05) is 38.8 Å². The molecule has 2 aliphatic heterocycles. The van der Waals surface area contributed by atoms with Crippen LogP contribution in [0.4, 0.5) is 17.1 Å². The van der Waals surface area contributed by atoms with E-state index in [0.717, 1.165) is 0 Å². The summed E-state index contributed by atoms with van der Waals surface area (Å²) in [5.74, 6) is 0. The van der Waals surface area contributed by atoms with Crippen LogP contribution >= 0.6 is 0 Å². The zero-order valence-electron chi connectivity index (χ0n) is 26.6. The van der Waals surface area contributed by atoms with Gasteiger partial charge in [0.1, 0.15) is 0 Å². The average molecular weight is 619 g/mol. The van der Waals surface area contributed by atoms with Gasteiger partial charge in [0.2, 0.25) is 6.71 Å². The first-order chi connectivity index (χ1) is 24.3. The number of hydrogen-bond donors (Lipinski definition) is 0. The van der Waals surface area contributed by atoms with Crippen LogP contribution in [0.1, 0.15) is 0 Å². The van der Waals surface area contributed by atoms with Crippen LogP contribution in [-0.4, -0.2) is 11.3 Å². The Kier molecular flexibility index (Phi) is 4.82. The van der Waals surface area contributed by atoms with Crippen molar-refractivity contribution in [3.63, 3.8) is 0 Å². The van der Waals surface area contributed by atoms with Crippen LogP contribution in [0.3, 0.4) is 0 Å². The molecular formula is C46H27BN2. The van der Waals surface area contributed by atoms with Crippen molar-refractivity contribution in [2.75, 3.05) is 4.90 Å². The highest BCUT2D eigenvalue weighted by atomic mass is 15.2. The van der Waals surface area contributed by atoms with Crippen LogP contribution in [0.15, 0.2) is 164 Å². The number of anilines is 3. The third kappa shape index (κ3) is 3.18. The molecule has 0 unspecified atom stereocenters. The summed E-state index contributed by atoms with van der Waals surface area (Å²) in [6.07, 6.45) is 0. The molecule has 9 aromatic carbocycles. The zero-order valence-corrected chi connectivity index (χ0v) is 26.6. The maximum absolute atomic E-state index is 2.58. The highest BCUT2D eigenvalue weighted by Gasteiger charge is 2.44. The summed E-state index contributed by atoms with van der Waals surface area (Å²) in [4.78, 5) is 2.58. The van der Waals surface area contributed by atoms with E-state index in [1.54, 1.807) is 0 Å². The molecule has 0 saturated carbocycles. The van der Waals surface area contributed by atoms with Gasteiger partial charge in [-0.1, -0.05) is 133 Å². The Labute approximate surface area is 283 Å². The van der Waals surface area contributed by atoms with E-state index in [1.165, 1.54) is 104 Å². The van der Waals surface area contributed by atoms with Crippen molar-refractivity contribution in [3.8, 4) is 16.8 Å². The van der Waals surface area contributed by atoms with Crippen LogP contribution in [0.25, 0.3) is 70.9 Å². The minimum atomic E-state index is 0.153. The van der Waals surface area contributed by atoms with Gasteiger partial charge >= 0.3 is 0 Å². The van der Waals surface area contributed by atoms with E-state index < -0.39 is 0 Å². The SMILES string of the molecule is c1ccc(-n2c3ccccc3c3cc4c5c(c32)-c2ccccc2B5c2ccccc2N4c2ccc3ccc4cccc5ccc2c3c45)cc1. The molecule has 0 N–H and O–H groups in total. The van der Waals surface area contributed by atoms with Crippen LogP contribution in [0.2, 0.25) is 0 Å². The van der Waals surface area contributed by atoms with E-state index in [0.29, 0.717) is 0 Å². The molecule has 0 saturated heterocycles. The standard InChI is InChI=1S/C46H27BN2/c1-2-13-31(14-3-1)48-38-19-8-5-15-32(38)35-27-41-45-44(46(35)48)33-16-4-6-17-36(33)47(45)37-18-7-9-20-40(37)49(41)39-26-24-30-22-21-28-11-10-12-29-23-25-34(39)43(30)42(28)29/h1-27H. The van der Waals surface area contributed by atoms with Crippen molar-refractivity contribution in [2.24, 2.45) is 0 Å². The van der Waals surface area contributed by atoms with Gasteiger partial charge in [-0.05, 0) is 79.8 Å². The first-order valence-electron chi connectivity index (χ1n) is 17.2. The second-order valence-corrected chi connectivity index (χ2v) is 13.6. The van der Waals surface area contributed by atoms with E-state index in [1.807, 2.05) is 0 Å². The first kappa shape index (κ1) is 25.7. The van der Waals surface area contributed by atoms with Crippen molar-refractivity contribution < 1.29 is 0 Å². The van der Waals surface area contributed by atoms with Crippen molar-refractivity contribution in [2.45, 2.75) is 0 Å². The van der Waals surface area contributed by atoms with Crippen LogP contribution in [-0.2, 0) is 0 Å². The smallest absolute Gasteiger partial charge is 0.248 e. The molecule has 0 amide bonds. The fourth-order valence-corrected chi connectivity index (χ4v) is 9.42. The number of rotatable bonds is 2. The summed E-state index contributed by atoms with van der Waals surface area (Å²) in [6, 6.07) is 61.1. The molecule has 49 heavy (non-hydrogen) atoms. The quantitative estimate of drug-likeness (QED) is 0.138. The van der Waals surface area contributed by atoms with Crippen LogP contribution < -0.4 is 21.3 Å². The Hall–Kier alpha value is -6.32. The van der Waals surface area contributed by atoms with E-state index >= 15 is 0 Å². The number of nitrogens with zero attached hydrogens (tertiary/aromatic N) is 2. The first-order valence-corrected chi connectivity index (χ1v) is 17.2. The molecule has 2 nitrogen and oxygen atoms in total. The lowest BCUT2D eigenvalue weighted by Crippen LogP contribution is -2.54. The summed E-state index contributed by atoms with van der Waals surface area (Å²) < 4.78 is 2.50. The van der Waals surface area contributed by atoms with Crippen LogP contribution in [0, 0.1) is 0 Å². The lowest BCUT2D eigenvalue weighted by Gasteiger charge is -2.37. The molecule has 0 bridgehead atoms. The van der Waals surface area contributed by atoms with Crippen LogP contribution in [0.5, 0.6) is 0 Å². The highest BCUT2D eigenvalue weighted by Crippen LogP contribution is 2.49. The van der Waals surface area contributed by atoms with E-state index in [4.69, 9.17) is 0 Å². The normalized spacial score (nSPS) is 13.2. The van der Waals surface area contributed by atoms with Crippen molar-refractivity contribution in [3.05, 3.63) is 164 Å². The maximum atomic E-state index is 2.58. The molecule has 3 heteroatoms. The van der Waals surface area contributed by atoms with Gasteiger partial charge in [0.05, 0.1) is 16.7 Å². The van der Waals surface area contributed by atoms with Crippen molar-refractivity contribution in [1.82, 2.24) is 4.57 Å². The molecule has 2 aliphatic rings. The molecular weight excluding hydrogens is 591 g/mol. The fraction of sp³-hybridized carbons (Fsp3) is 0. The third-order valence-corrected chi connectivity index (χ3v) is 11.3. The molecule has 1 aromatic heterocycles. The van der Waals surface area contributed by atoms with Gasteiger partial charge in [0.15, 0.2) is 0 Å². The third-order valence-electron chi connectivity index (χ3n) is 11.3. The molecule has 0 spiro atoms. The minimum Gasteiger partial charge on any atom is -0.311 e. The van der Waals surface area contributed by atoms with Gasteiger partial charge in [-0.25, -0.2) is 0 Å². The summed E-state index contributed by atoms with van der Waals surface area (Å²) >= 11 is 0. The van der Waals surface area contributed by atoms with Crippen molar-refractivity contribution >= 4 is 94.3 Å². The molecule has 0 fully saturated rings. The minimum absolute atomic E-state index is 0.153. The Morgan fingerprint density at radius 2 is 1.12 bits per heavy atom. The molecule has 224 valence electrons. The summed E-state index contributed by atoms with van der Waals surface area (Å²) in [6.45, 7) is 0.153. The summed E-state index contributed by atoms with van der Waals surface area (Å²) in [7, 11) is 0. The predicted octanol–water partition coefficient (Wildman–Crippen LogP) is 9.96. The van der Waals surface area contributed by atoms with E-state index in [9.17, 15) is 0 Å². The number of benzene rings is 9. The lowest BCUT2D eigenvalue weighted by atomic mass is 9.37. The van der Waals surface area contributed by atoms with Crippen molar-refractivity contribution in [1.29, 1.82) is 0 Å². The number of aromatic nitrogens is 1. The predicted molar refractivity (Wildman–Crippen MR) is 209 cm³/mol. The number of para-hydroxylation sites is 3. The van der Waals surface area contributed by atoms with Gasteiger partial charge in [0.25, 0.3) is 0 Å². The Balaban J connectivity index is 1.28. The van der Waals surface area contributed by atoms with Gasteiger partial charge in [-0.2, -0.15) is 0 Å². The molecule has 0 atom stereocenters. The van der Waals surface area contributed by atoms with E-state index in [-0.39, 0.29) is 6.71 Å². The molecule has 0 aliphatic carbocycles. The number of hydrogen-bond acceptors (Lipinski definition) is 1. The van der Waals surface area contributed by atoms with Gasteiger partial charge in [-0.15, -0.1) is 0 Å². The van der Waals surface area contributed by atoms with Gasteiger partial charge < -0.3 is 9.47 Å². The Morgan fingerprint density at radius 1 is 0.429 bits per heavy atom. The molecule has 12 rings (SSSR count). The Bertz CT molecular complexity index is 2990. The highest BCUT2D eigenvalue weighted by molar-refractivity contribution is 7.01. The zero-order chi connectivity index (χ0) is 31.8. The molecule has 0 radical (unpaired) electrons. The fourth-order valence-electron chi connectivity index (χ4n) is 9.42. The second-order valence-electron chi connectivity index (χ2n) is 13.6. The summed E-state index contributed by atoms with van der Waals surface area (Å²) in [5.41, 5.74) is 14.3. The van der Waals surface area contributed by atoms with Gasteiger partial charge in [-0.3, -0.25) is 0 Å². The topological polar surface area (TPSA) is 8.17 Å². The lowest BCUT2D eigenvalue weighted by molar-refractivity contribution is 1.18. The summed E-state index contributed by atoms with van der Waals surface area (Å²) in [5, 5.41) is 10.4. The maximum Gasteiger partial charge on any atom is 0.248 e.